The van der Waals surface area contributed by atoms with Gasteiger partial charge in [-0.1, -0.05) is 42.9 Å². The summed E-state index contributed by atoms with van der Waals surface area (Å²) in [6.45, 7) is 0. The second kappa shape index (κ2) is 7.06. The predicted molar refractivity (Wildman–Crippen MR) is 84.6 cm³/mol. The maximum Gasteiger partial charge on any atom is 0.0444 e. The Bertz CT molecular complexity index is 432. The summed E-state index contributed by atoms with van der Waals surface area (Å²) in [6, 6.07) is 6.36. The van der Waals surface area contributed by atoms with Crippen molar-refractivity contribution >= 4 is 0 Å². The van der Waals surface area contributed by atoms with Crippen molar-refractivity contribution in [3.05, 3.63) is 41.2 Å². The molecule has 20 heavy (non-hydrogen) atoms. The molecule has 0 radical (unpaired) electrons. The third kappa shape index (κ3) is 3.50. The van der Waals surface area contributed by atoms with Crippen LogP contribution in [0.2, 0.25) is 0 Å². The Balaban J connectivity index is 1.82. The molecule has 0 saturated heterocycles. The van der Waals surface area contributed by atoms with Crippen LogP contribution < -0.4 is 0 Å². The second-order valence-corrected chi connectivity index (χ2v) is 6.52. The summed E-state index contributed by atoms with van der Waals surface area (Å²) >= 11 is 0. The molecule has 3 rings (SSSR count). The lowest BCUT2D eigenvalue weighted by Gasteiger charge is -2.29. The smallest absolute Gasteiger partial charge is 0.0444 e. The van der Waals surface area contributed by atoms with Crippen LogP contribution in [0.25, 0.3) is 0 Å². The van der Waals surface area contributed by atoms with Crippen LogP contribution in [0.1, 0.15) is 69.9 Å². The Labute approximate surface area is 123 Å². The monoisotopic (exact) mass is 269 g/mol. The van der Waals surface area contributed by atoms with E-state index in [2.05, 4.69) is 17.1 Å². The van der Waals surface area contributed by atoms with Crippen molar-refractivity contribution in [1.29, 1.82) is 0 Å². The molecule has 0 unspecified atom stereocenters. The van der Waals surface area contributed by atoms with Crippen molar-refractivity contribution in [3.63, 3.8) is 0 Å². The summed E-state index contributed by atoms with van der Waals surface area (Å²) in [5, 5.41) is 0. The molecule has 1 aromatic heterocycles. The molecule has 0 aliphatic heterocycles. The first-order valence-corrected chi connectivity index (χ1v) is 8.54. The summed E-state index contributed by atoms with van der Waals surface area (Å²) < 4.78 is 0. The molecule has 0 N–H and O–H groups in total. The number of nitrogens with zero attached hydrogens (tertiary/aromatic N) is 1. The van der Waals surface area contributed by atoms with Crippen molar-refractivity contribution in [3.8, 4) is 0 Å². The Kier molecular flexibility index (Phi) is 4.89. The third-order valence-corrected chi connectivity index (χ3v) is 5.11. The first-order valence-electron chi connectivity index (χ1n) is 8.54. The SMILES string of the molecule is c1ccc(CC(=C2CCCCC2)C2CCCCC2)nc1. The molecule has 2 aliphatic rings. The van der Waals surface area contributed by atoms with Gasteiger partial charge in [-0.3, -0.25) is 4.98 Å². The fourth-order valence-corrected chi connectivity index (χ4v) is 4.01. The van der Waals surface area contributed by atoms with Crippen LogP contribution in [0.15, 0.2) is 35.5 Å². The molecule has 1 aromatic rings. The number of pyridine rings is 1. The maximum atomic E-state index is 4.57. The van der Waals surface area contributed by atoms with Crippen LogP contribution >= 0.6 is 0 Å². The van der Waals surface area contributed by atoms with Gasteiger partial charge in [-0.05, 0) is 56.6 Å². The minimum Gasteiger partial charge on any atom is -0.261 e. The largest absolute Gasteiger partial charge is 0.261 e. The lowest BCUT2D eigenvalue weighted by Crippen LogP contribution is -2.15. The number of aromatic nitrogens is 1. The molecule has 1 heterocycles. The van der Waals surface area contributed by atoms with Gasteiger partial charge in [0.05, 0.1) is 0 Å². The summed E-state index contributed by atoms with van der Waals surface area (Å²) in [5.41, 5.74) is 4.85. The topological polar surface area (TPSA) is 12.9 Å². The van der Waals surface area contributed by atoms with Gasteiger partial charge in [0.15, 0.2) is 0 Å². The zero-order chi connectivity index (χ0) is 13.6. The van der Waals surface area contributed by atoms with Crippen LogP contribution in [0.4, 0.5) is 0 Å². The molecule has 2 saturated carbocycles. The summed E-state index contributed by atoms with van der Waals surface area (Å²) in [7, 11) is 0. The first kappa shape index (κ1) is 13.9. The van der Waals surface area contributed by atoms with E-state index in [-0.39, 0.29) is 0 Å². The molecule has 2 fully saturated rings. The van der Waals surface area contributed by atoms with E-state index in [1.165, 1.54) is 69.9 Å². The highest BCUT2D eigenvalue weighted by atomic mass is 14.7. The Morgan fingerprint density at radius 1 is 0.950 bits per heavy atom. The Morgan fingerprint density at radius 2 is 1.70 bits per heavy atom. The van der Waals surface area contributed by atoms with Crippen LogP contribution in [0.3, 0.4) is 0 Å². The van der Waals surface area contributed by atoms with E-state index >= 15 is 0 Å². The molecule has 0 spiro atoms. The van der Waals surface area contributed by atoms with Gasteiger partial charge >= 0.3 is 0 Å². The maximum absolute atomic E-state index is 4.57. The second-order valence-electron chi connectivity index (χ2n) is 6.52. The van der Waals surface area contributed by atoms with Crippen LogP contribution in [-0.4, -0.2) is 4.98 Å². The highest BCUT2D eigenvalue weighted by molar-refractivity contribution is 5.24. The molecule has 0 amide bonds. The highest BCUT2D eigenvalue weighted by Gasteiger charge is 2.22. The van der Waals surface area contributed by atoms with Gasteiger partial charge in [-0.15, -0.1) is 0 Å². The van der Waals surface area contributed by atoms with Crippen LogP contribution in [-0.2, 0) is 6.42 Å². The summed E-state index contributed by atoms with van der Waals surface area (Å²) in [4.78, 5) is 4.57. The van der Waals surface area contributed by atoms with Crippen LogP contribution in [0.5, 0.6) is 0 Å². The lowest BCUT2D eigenvalue weighted by atomic mass is 9.77. The van der Waals surface area contributed by atoms with E-state index in [9.17, 15) is 0 Å². The van der Waals surface area contributed by atoms with E-state index in [1.807, 2.05) is 12.3 Å². The Morgan fingerprint density at radius 3 is 2.40 bits per heavy atom. The van der Waals surface area contributed by atoms with Gasteiger partial charge in [-0.25, -0.2) is 0 Å². The molecule has 0 atom stereocenters. The molecule has 108 valence electrons. The van der Waals surface area contributed by atoms with Crippen molar-refractivity contribution < 1.29 is 0 Å². The molecule has 1 heteroatoms. The van der Waals surface area contributed by atoms with E-state index in [4.69, 9.17) is 0 Å². The Hall–Kier alpha value is -1.11. The quantitative estimate of drug-likeness (QED) is 0.663. The number of rotatable bonds is 3. The molecule has 0 aromatic carbocycles. The van der Waals surface area contributed by atoms with E-state index in [0.717, 1.165) is 12.3 Å². The average molecular weight is 269 g/mol. The molecular formula is C19H27N. The summed E-state index contributed by atoms with van der Waals surface area (Å²) in [6.07, 6.45) is 17.2. The van der Waals surface area contributed by atoms with Gasteiger partial charge in [0.1, 0.15) is 0 Å². The minimum absolute atomic E-state index is 0.860. The minimum atomic E-state index is 0.860. The number of hydrogen-bond donors (Lipinski definition) is 0. The van der Waals surface area contributed by atoms with Gasteiger partial charge < -0.3 is 0 Å². The number of hydrogen-bond acceptors (Lipinski definition) is 1. The van der Waals surface area contributed by atoms with Gasteiger partial charge in [0.2, 0.25) is 0 Å². The summed E-state index contributed by atoms with van der Waals surface area (Å²) in [5.74, 6) is 0.860. The zero-order valence-electron chi connectivity index (χ0n) is 12.6. The molecular weight excluding hydrogens is 242 g/mol. The van der Waals surface area contributed by atoms with E-state index < -0.39 is 0 Å². The zero-order valence-corrected chi connectivity index (χ0v) is 12.6. The van der Waals surface area contributed by atoms with Gasteiger partial charge in [-0.2, -0.15) is 0 Å². The van der Waals surface area contributed by atoms with Crippen molar-refractivity contribution in [2.75, 3.05) is 0 Å². The molecule has 1 nitrogen and oxygen atoms in total. The van der Waals surface area contributed by atoms with Crippen molar-refractivity contribution in [2.45, 2.75) is 70.6 Å². The first-order chi connectivity index (χ1) is 9.93. The normalized spacial score (nSPS) is 20.9. The van der Waals surface area contributed by atoms with Gasteiger partial charge in [0, 0.05) is 18.3 Å². The predicted octanol–water partition coefficient (Wildman–Crippen LogP) is 5.47. The lowest BCUT2D eigenvalue weighted by molar-refractivity contribution is 0.390. The molecule has 2 aliphatic carbocycles. The van der Waals surface area contributed by atoms with Crippen molar-refractivity contribution in [1.82, 2.24) is 4.98 Å². The van der Waals surface area contributed by atoms with Gasteiger partial charge in [0.25, 0.3) is 0 Å². The highest BCUT2D eigenvalue weighted by Crippen LogP contribution is 2.37. The average Bonchev–Trinajstić information content (AvgIpc) is 2.55. The fourth-order valence-electron chi connectivity index (χ4n) is 4.01. The van der Waals surface area contributed by atoms with Crippen molar-refractivity contribution in [2.24, 2.45) is 5.92 Å². The number of allylic oxidation sites excluding steroid dienone is 2. The van der Waals surface area contributed by atoms with E-state index in [0.29, 0.717) is 0 Å². The van der Waals surface area contributed by atoms with E-state index in [1.54, 1.807) is 11.1 Å². The fraction of sp³-hybridized carbons (Fsp3) is 0.632. The van der Waals surface area contributed by atoms with Crippen LogP contribution in [0, 0.1) is 5.92 Å². The standard InChI is InChI=1S/C19H27N/c1-3-9-16(10-4-1)19(17-11-5-2-6-12-17)15-18-13-7-8-14-20-18/h7-8,13-14,16H,1-6,9-12,15H2. The molecule has 0 bridgehead atoms. The third-order valence-electron chi connectivity index (χ3n) is 5.11.